The van der Waals surface area contributed by atoms with Crippen molar-refractivity contribution >= 4 is 27.3 Å². The van der Waals surface area contributed by atoms with E-state index in [4.69, 9.17) is 15.2 Å². The Kier molecular flexibility index (Phi) is 4.24. The zero-order valence-electron chi connectivity index (χ0n) is 12.1. The Morgan fingerprint density at radius 3 is 2.71 bits per heavy atom. The predicted molar refractivity (Wildman–Crippen MR) is 89.6 cm³/mol. The van der Waals surface area contributed by atoms with Crippen LogP contribution in [-0.4, -0.2) is 14.2 Å². The molecule has 1 atom stereocenters. The largest absolute Gasteiger partial charge is 0.495 e. The Morgan fingerprint density at radius 2 is 2.05 bits per heavy atom. The molecule has 1 aromatic carbocycles. The molecular formula is C16H18BrNO2S. The number of thiophene rings is 1. The van der Waals surface area contributed by atoms with Gasteiger partial charge in [-0.3, -0.25) is 0 Å². The summed E-state index contributed by atoms with van der Waals surface area (Å²) in [5.41, 5.74) is 8.93. The van der Waals surface area contributed by atoms with E-state index in [-0.39, 0.29) is 6.04 Å². The molecule has 2 aromatic rings. The van der Waals surface area contributed by atoms with Crippen LogP contribution in [0.2, 0.25) is 0 Å². The molecule has 1 heterocycles. The number of methoxy groups -OCH3 is 2. The molecule has 0 radical (unpaired) electrons. The summed E-state index contributed by atoms with van der Waals surface area (Å²) in [5, 5.41) is 0. The molecule has 0 fully saturated rings. The third-order valence-corrected chi connectivity index (χ3v) is 5.99. The van der Waals surface area contributed by atoms with Gasteiger partial charge in [-0.15, -0.1) is 11.3 Å². The lowest BCUT2D eigenvalue weighted by molar-refractivity contribution is 0.385. The zero-order chi connectivity index (χ0) is 15.0. The first-order valence-corrected chi connectivity index (χ1v) is 8.54. The fourth-order valence-corrected chi connectivity index (χ4v) is 4.78. The number of hydrogen-bond donors (Lipinski definition) is 1. The van der Waals surface area contributed by atoms with Crippen LogP contribution in [0.5, 0.6) is 11.5 Å². The molecule has 112 valence electrons. The Balaban J connectivity index is 2.00. The van der Waals surface area contributed by atoms with Crippen molar-refractivity contribution in [2.24, 2.45) is 5.73 Å². The minimum Gasteiger partial charge on any atom is -0.495 e. The van der Waals surface area contributed by atoms with Crippen molar-refractivity contribution < 1.29 is 9.47 Å². The average Bonchev–Trinajstić information content (AvgIpc) is 3.07. The highest BCUT2D eigenvalue weighted by atomic mass is 79.9. The number of nitrogens with two attached hydrogens (primary N) is 1. The lowest BCUT2D eigenvalue weighted by atomic mass is 10.0. The molecular weight excluding hydrogens is 350 g/mol. The molecule has 2 N–H and O–H groups in total. The van der Waals surface area contributed by atoms with E-state index in [1.54, 1.807) is 14.2 Å². The van der Waals surface area contributed by atoms with Crippen molar-refractivity contribution in [3.05, 3.63) is 43.6 Å². The normalized spacial score (nSPS) is 14.9. The van der Waals surface area contributed by atoms with E-state index in [0.29, 0.717) is 0 Å². The monoisotopic (exact) mass is 367 g/mol. The van der Waals surface area contributed by atoms with E-state index in [2.05, 4.69) is 22.0 Å². The molecule has 0 spiro atoms. The third kappa shape index (κ3) is 2.58. The number of halogens is 1. The van der Waals surface area contributed by atoms with Crippen LogP contribution >= 0.6 is 27.3 Å². The van der Waals surface area contributed by atoms with Crippen LogP contribution in [0.4, 0.5) is 0 Å². The SMILES string of the molecule is COc1ccc(C(N)c2cc3c(s2)CCC3)c(OC)c1Br. The standard InChI is InChI=1S/C16H18BrNO2S/c1-19-11-7-6-10(16(20-2)14(11)17)15(18)13-8-9-4-3-5-12(9)21-13/h6-8,15H,3-5,18H2,1-2H3. The fourth-order valence-electron chi connectivity index (χ4n) is 2.82. The first-order valence-electron chi connectivity index (χ1n) is 6.93. The van der Waals surface area contributed by atoms with Crippen molar-refractivity contribution in [3.63, 3.8) is 0 Å². The van der Waals surface area contributed by atoms with Crippen LogP contribution in [0, 0.1) is 0 Å². The summed E-state index contributed by atoms with van der Waals surface area (Å²) in [6.07, 6.45) is 3.65. The van der Waals surface area contributed by atoms with Crippen LogP contribution in [-0.2, 0) is 12.8 Å². The number of aryl methyl sites for hydroxylation is 2. The van der Waals surface area contributed by atoms with E-state index in [1.807, 2.05) is 23.5 Å². The van der Waals surface area contributed by atoms with Gasteiger partial charge in [0.15, 0.2) is 0 Å². The molecule has 1 aliphatic rings. The molecule has 1 aromatic heterocycles. The number of benzene rings is 1. The van der Waals surface area contributed by atoms with Crippen LogP contribution in [0.25, 0.3) is 0 Å². The Morgan fingerprint density at radius 1 is 1.24 bits per heavy atom. The lowest BCUT2D eigenvalue weighted by Gasteiger charge is -2.17. The van der Waals surface area contributed by atoms with E-state index in [1.165, 1.54) is 34.6 Å². The van der Waals surface area contributed by atoms with Gasteiger partial charge in [-0.2, -0.15) is 0 Å². The predicted octanol–water partition coefficient (Wildman–Crippen LogP) is 4.06. The Bertz CT molecular complexity index is 647. The van der Waals surface area contributed by atoms with Crippen molar-refractivity contribution in [1.29, 1.82) is 0 Å². The molecule has 5 heteroatoms. The highest BCUT2D eigenvalue weighted by Gasteiger charge is 2.23. The molecule has 0 saturated carbocycles. The first kappa shape index (κ1) is 14.9. The summed E-state index contributed by atoms with van der Waals surface area (Å²) in [4.78, 5) is 2.70. The summed E-state index contributed by atoms with van der Waals surface area (Å²) in [6, 6.07) is 5.99. The van der Waals surface area contributed by atoms with Crippen molar-refractivity contribution in [3.8, 4) is 11.5 Å². The van der Waals surface area contributed by atoms with Gasteiger partial charge in [0.2, 0.25) is 0 Å². The number of rotatable bonds is 4. The number of hydrogen-bond acceptors (Lipinski definition) is 4. The van der Waals surface area contributed by atoms with Gasteiger partial charge in [-0.25, -0.2) is 0 Å². The summed E-state index contributed by atoms with van der Waals surface area (Å²) in [7, 11) is 3.30. The van der Waals surface area contributed by atoms with E-state index < -0.39 is 0 Å². The second-order valence-corrected chi connectivity index (χ2v) is 7.09. The summed E-state index contributed by atoms with van der Waals surface area (Å²) >= 11 is 5.37. The summed E-state index contributed by atoms with van der Waals surface area (Å²) in [6.45, 7) is 0. The van der Waals surface area contributed by atoms with Gasteiger partial charge >= 0.3 is 0 Å². The van der Waals surface area contributed by atoms with Gasteiger partial charge in [-0.05, 0) is 59.0 Å². The quantitative estimate of drug-likeness (QED) is 0.885. The fraction of sp³-hybridized carbons (Fsp3) is 0.375. The second-order valence-electron chi connectivity index (χ2n) is 5.13. The van der Waals surface area contributed by atoms with Crippen LogP contribution < -0.4 is 15.2 Å². The van der Waals surface area contributed by atoms with Gasteiger partial charge in [-0.1, -0.05) is 0 Å². The van der Waals surface area contributed by atoms with E-state index in [9.17, 15) is 0 Å². The van der Waals surface area contributed by atoms with Crippen molar-refractivity contribution in [2.45, 2.75) is 25.3 Å². The average molecular weight is 368 g/mol. The number of ether oxygens (including phenoxy) is 2. The molecule has 1 aliphatic carbocycles. The summed E-state index contributed by atoms with van der Waals surface area (Å²) < 4.78 is 11.7. The van der Waals surface area contributed by atoms with Gasteiger partial charge in [0, 0.05) is 15.3 Å². The Hall–Kier alpha value is -1.04. The molecule has 21 heavy (non-hydrogen) atoms. The molecule has 3 rings (SSSR count). The lowest BCUT2D eigenvalue weighted by Crippen LogP contribution is -2.12. The molecule has 0 saturated heterocycles. The second kappa shape index (κ2) is 5.99. The molecule has 0 aliphatic heterocycles. The van der Waals surface area contributed by atoms with Crippen molar-refractivity contribution in [1.82, 2.24) is 0 Å². The third-order valence-electron chi connectivity index (χ3n) is 3.92. The van der Waals surface area contributed by atoms with E-state index in [0.717, 1.165) is 21.5 Å². The molecule has 1 unspecified atom stereocenters. The zero-order valence-corrected chi connectivity index (χ0v) is 14.5. The van der Waals surface area contributed by atoms with Crippen LogP contribution in [0.3, 0.4) is 0 Å². The maximum atomic E-state index is 6.48. The van der Waals surface area contributed by atoms with Gasteiger partial charge < -0.3 is 15.2 Å². The molecule has 0 amide bonds. The van der Waals surface area contributed by atoms with Crippen LogP contribution in [0.1, 0.15) is 33.3 Å². The molecule has 3 nitrogen and oxygen atoms in total. The molecule has 0 bridgehead atoms. The highest BCUT2D eigenvalue weighted by Crippen LogP contribution is 2.42. The summed E-state index contributed by atoms with van der Waals surface area (Å²) in [5.74, 6) is 1.49. The minimum absolute atomic E-state index is 0.169. The van der Waals surface area contributed by atoms with Gasteiger partial charge in [0.05, 0.1) is 20.3 Å². The van der Waals surface area contributed by atoms with E-state index >= 15 is 0 Å². The maximum Gasteiger partial charge on any atom is 0.141 e. The smallest absolute Gasteiger partial charge is 0.141 e. The van der Waals surface area contributed by atoms with Gasteiger partial charge in [0.25, 0.3) is 0 Å². The number of fused-ring (bicyclic) bond motifs is 1. The highest BCUT2D eigenvalue weighted by molar-refractivity contribution is 9.10. The minimum atomic E-state index is -0.169. The Labute approximate surface area is 137 Å². The van der Waals surface area contributed by atoms with Crippen molar-refractivity contribution in [2.75, 3.05) is 14.2 Å². The van der Waals surface area contributed by atoms with Crippen LogP contribution in [0.15, 0.2) is 22.7 Å². The van der Waals surface area contributed by atoms with Gasteiger partial charge in [0.1, 0.15) is 16.0 Å². The topological polar surface area (TPSA) is 44.5 Å². The first-order chi connectivity index (χ1) is 10.2. The maximum absolute atomic E-state index is 6.48.